The number of likely N-dealkylation sites (tertiary alicyclic amines) is 1. The molecule has 2 aliphatic rings. The summed E-state index contributed by atoms with van der Waals surface area (Å²) in [5.74, 6) is 0.661. The van der Waals surface area contributed by atoms with Gasteiger partial charge in [0.05, 0.1) is 0 Å². The van der Waals surface area contributed by atoms with Crippen LogP contribution >= 0.6 is 0 Å². The Balaban J connectivity index is 1.72. The highest BCUT2D eigenvalue weighted by Gasteiger charge is 2.31. The second-order valence-electron chi connectivity index (χ2n) is 4.36. The first kappa shape index (κ1) is 9.00. The average molecular weight is 182 g/mol. The number of carbonyl (C=O) groups is 1. The number of amides is 1. The lowest BCUT2D eigenvalue weighted by Gasteiger charge is -2.29. The molecular formula is C10H18N2O. The molecule has 1 N–H and O–H groups in total. The van der Waals surface area contributed by atoms with Crippen molar-refractivity contribution in [1.82, 2.24) is 10.2 Å². The van der Waals surface area contributed by atoms with Gasteiger partial charge in [0.1, 0.15) is 0 Å². The van der Waals surface area contributed by atoms with Gasteiger partial charge in [-0.05, 0) is 45.8 Å². The lowest BCUT2D eigenvalue weighted by Crippen LogP contribution is -2.43. The van der Waals surface area contributed by atoms with Crippen LogP contribution in [0.4, 0.5) is 0 Å². The summed E-state index contributed by atoms with van der Waals surface area (Å²) in [5.41, 5.74) is 0. The second kappa shape index (κ2) is 3.66. The van der Waals surface area contributed by atoms with E-state index in [1.54, 1.807) is 0 Å². The Morgan fingerprint density at radius 1 is 1.23 bits per heavy atom. The number of rotatable bonds is 2. The maximum absolute atomic E-state index is 11.4. The number of nitrogens with zero attached hydrogens (tertiary/aromatic N) is 1. The van der Waals surface area contributed by atoms with Crippen molar-refractivity contribution in [3.63, 3.8) is 0 Å². The highest BCUT2D eigenvalue weighted by Crippen LogP contribution is 2.29. The molecule has 1 amide bonds. The molecule has 3 nitrogen and oxygen atoms in total. The van der Waals surface area contributed by atoms with E-state index in [4.69, 9.17) is 0 Å². The van der Waals surface area contributed by atoms with E-state index in [-0.39, 0.29) is 0 Å². The summed E-state index contributed by atoms with van der Waals surface area (Å²) in [5, 5.41) is 3.14. The van der Waals surface area contributed by atoms with Gasteiger partial charge in [0.15, 0.2) is 0 Å². The summed E-state index contributed by atoms with van der Waals surface area (Å²) in [4.78, 5) is 13.7. The van der Waals surface area contributed by atoms with E-state index in [1.165, 1.54) is 0 Å². The molecule has 0 atom stereocenters. The zero-order chi connectivity index (χ0) is 9.26. The molecule has 0 radical (unpaired) electrons. The van der Waals surface area contributed by atoms with Gasteiger partial charge in [0, 0.05) is 12.0 Å². The minimum absolute atomic E-state index is 0.301. The lowest BCUT2D eigenvalue weighted by molar-refractivity contribution is -0.123. The molecule has 1 heterocycles. The summed E-state index contributed by atoms with van der Waals surface area (Å²) in [7, 11) is 2.14. The quantitative estimate of drug-likeness (QED) is 0.678. The molecule has 1 saturated carbocycles. The molecular weight excluding hydrogens is 164 g/mol. The fourth-order valence-electron chi connectivity index (χ4n) is 1.82. The Bertz CT molecular complexity index is 193. The number of hydrogen-bond donors (Lipinski definition) is 1. The van der Waals surface area contributed by atoms with Crippen LogP contribution in [-0.2, 0) is 4.79 Å². The molecule has 1 aliphatic carbocycles. The SMILES string of the molecule is CN1CCC(NC(=O)C2CC2)CC1. The van der Waals surface area contributed by atoms with Crippen molar-refractivity contribution >= 4 is 5.91 Å². The number of carbonyl (C=O) groups excluding carboxylic acids is 1. The molecule has 3 heteroatoms. The third kappa shape index (κ3) is 2.44. The van der Waals surface area contributed by atoms with Crippen molar-refractivity contribution in [3.8, 4) is 0 Å². The minimum Gasteiger partial charge on any atom is -0.353 e. The predicted molar refractivity (Wildman–Crippen MR) is 51.4 cm³/mol. The van der Waals surface area contributed by atoms with Crippen LogP contribution in [0.25, 0.3) is 0 Å². The van der Waals surface area contributed by atoms with E-state index < -0.39 is 0 Å². The van der Waals surface area contributed by atoms with Crippen LogP contribution < -0.4 is 5.32 Å². The molecule has 0 aromatic carbocycles. The standard InChI is InChI=1S/C10H18N2O/c1-12-6-4-9(5-7-12)11-10(13)8-2-3-8/h8-9H,2-7H2,1H3,(H,11,13). The van der Waals surface area contributed by atoms with Crippen molar-refractivity contribution in [2.24, 2.45) is 5.92 Å². The molecule has 1 aliphatic heterocycles. The van der Waals surface area contributed by atoms with Crippen LogP contribution in [0.15, 0.2) is 0 Å². The van der Waals surface area contributed by atoms with Crippen LogP contribution in [0, 0.1) is 5.92 Å². The first-order chi connectivity index (χ1) is 6.25. The lowest BCUT2D eigenvalue weighted by atomic mass is 10.1. The maximum Gasteiger partial charge on any atom is 0.223 e. The third-order valence-corrected chi connectivity index (χ3v) is 3.01. The summed E-state index contributed by atoms with van der Waals surface area (Å²) in [6.07, 6.45) is 4.46. The molecule has 0 aromatic heterocycles. The van der Waals surface area contributed by atoms with Gasteiger partial charge in [-0.25, -0.2) is 0 Å². The third-order valence-electron chi connectivity index (χ3n) is 3.01. The van der Waals surface area contributed by atoms with Gasteiger partial charge in [-0.15, -0.1) is 0 Å². The van der Waals surface area contributed by atoms with Crippen LogP contribution in [0.5, 0.6) is 0 Å². The van der Waals surface area contributed by atoms with E-state index in [2.05, 4.69) is 17.3 Å². The molecule has 1 saturated heterocycles. The highest BCUT2D eigenvalue weighted by molar-refractivity contribution is 5.81. The van der Waals surface area contributed by atoms with Crippen molar-refractivity contribution < 1.29 is 4.79 Å². The minimum atomic E-state index is 0.301. The van der Waals surface area contributed by atoms with Gasteiger partial charge in [0.25, 0.3) is 0 Å². The van der Waals surface area contributed by atoms with E-state index in [0.717, 1.165) is 38.8 Å². The van der Waals surface area contributed by atoms with E-state index in [1.807, 2.05) is 0 Å². The number of nitrogens with one attached hydrogen (secondary N) is 1. The molecule has 74 valence electrons. The molecule has 2 fully saturated rings. The smallest absolute Gasteiger partial charge is 0.223 e. The fraction of sp³-hybridized carbons (Fsp3) is 0.900. The summed E-state index contributed by atoms with van der Waals surface area (Å²) < 4.78 is 0. The van der Waals surface area contributed by atoms with Crippen molar-refractivity contribution in [3.05, 3.63) is 0 Å². The topological polar surface area (TPSA) is 32.3 Å². The van der Waals surface area contributed by atoms with Gasteiger partial charge in [-0.1, -0.05) is 0 Å². The molecule has 2 rings (SSSR count). The molecule has 0 aromatic rings. The Morgan fingerprint density at radius 3 is 2.38 bits per heavy atom. The predicted octanol–water partition coefficient (Wildman–Crippen LogP) is 0.607. The van der Waals surface area contributed by atoms with Crippen molar-refractivity contribution in [2.45, 2.75) is 31.7 Å². The Morgan fingerprint density at radius 2 is 1.85 bits per heavy atom. The summed E-state index contributed by atoms with van der Waals surface area (Å²) in [6, 6.07) is 0.448. The Labute approximate surface area is 79.5 Å². The zero-order valence-electron chi connectivity index (χ0n) is 8.25. The van der Waals surface area contributed by atoms with Gasteiger partial charge < -0.3 is 10.2 Å². The Kier molecular flexibility index (Phi) is 2.54. The molecule has 0 unspecified atom stereocenters. The number of piperidine rings is 1. The van der Waals surface area contributed by atoms with Gasteiger partial charge in [-0.3, -0.25) is 4.79 Å². The highest BCUT2D eigenvalue weighted by atomic mass is 16.2. The molecule has 13 heavy (non-hydrogen) atoms. The fourth-order valence-corrected chi connectivity index (χ4v) is 1.82. The monoisotopic (exact) mass is 182 g/mol. The van der Waals surface area contributed by atoms with E-state index in [9.17, 15) is 4.79 Å². The van der Waals surface area contributed by atoms with Gasteiger partial charge >= 0.3 is 0 Å². The first-order valence-corrected chi connectivity index (χ1v) is 5.24. The summed E-state index contributed by atoms with van der Waals surface area (Å²) in [6.45, 7) is 2.24. The largest absolute Gasteiger partial charge is 0.353 e. The Hall–Kier alpha value is -0.570. The van der Waals surface area contributed by atoms with Crippen LogP contribution in [0.3, 0.4) is 0 Å². The normalized spacial score (nSPS) is 25.9. The van der Waals surface area contributed by atoms with Crippen molar-refractivity contribution in [2.75, 3.05) is 20.1 Å². The average Bonchev–Trinajstić information content (AvgIpc) is 2.91. The van der Waals surface area contributed by atoms with Gasteiger partial charge in [0.2, 0.25) is 5.91 Å². The molecule has 0 spiro atoms. The van der Waals surface area contributed by atoms with Crippen molar-refractivity contribution in [1.29, 1.82) is 0 Å². The zero-order valence-corrected chi connectivity index (χ0v) is 8.25. The molecule has 0 bridgehead atoms. The van der Waals surface area contributed by atoms with Crippen LogP contribution in [0.1, 0.15) is 25.7 Å². The van der Waals surface area contributed by atoms with Gasteiger partial charge in [-0.2, -0.15) is 0 Å². The first-order valence-electron chi connectivity index (χ1n) is 5.24. The summed E-state index contributed by atoms with van der Waals surface area (Å²) >= 11 is 0. The van der Waals surface area contributed by atoms with E-state index >= 15 is 0 Å². The van der Waals surface area contributed by atoms with Crippen LogP contribution in [0.2, 0.25) is 0 Å². The number of hydrogen-bond acceptors (Lipinski definition) is 2. The maximum atomic E-state index is 11.4. The van der Waals surface area contributed by atoms with Crippen LogP contribution in [-0.4, -0.2) is 37.0 Å². The second-order valence-corrected chi connectivity index (χ2v) is 4.36. The van der Waals surface area contributed by atoms with E-state index in [0.29, 0.717) is 17.9 Å².